The molecule has 2 aromatic rings. The Balaban J connectivity index is 1.42. The molecule has 0 aromatic heterocycles. The highest BCUT2D eigenvalue weighted by atomic mass is 19.1. The quantitative estimate of drug-likeness (QED) is 0.487. The van der Waals surface area contributed by atoms with Crippen molar-refractivity contribution in [3.05, 3.63) is 48.3 Å². The van der Waals surface area contributed by atoms with Crippen molar-refractivity contribution >= 4 is 23.1 Å². The summed E-state index contributed by atoms with van der Waals surface area (Å²) in [6, 6.07) is 12.4. The van der Waals surface area contributed by atoms with E-state index in [2.05, 4.69) is 16.9 Å². The van der Waals surface area contributed by atoms with Gasteiger partial charge in [-0.25, -0.2) is 4.39 Å². The van der Waals surface area contributed by atoms with Crippen molar-refractivity contribution in [3.63, 3.8) is 0 Å². The average molecular weight is 498 g/mol. The average Bonchev–Trinajstić information content (AvgIpc) is 3.14. The van der Waals surface area contributed by atoms with E-state index < -0.39 is 5.97 Å². The van der Waals surface area contributed by atoms with Crippen LogP contribution in [0.3, 0.4) is 0 Å². The number of anilines is 2. The summed E-state index contributed by atoms with van der Waals surface area (Å²) in [6.45, 7) is 9.95. The van der Waals surface area contributed by atoms with Crippen molar-refractivity contribution in [2.45, 2.75) is 59.1 Å². The topological polar surface area (TPSA) is 74.6 Å². The standard InChI is InChI=1S/C28H36FN3O4/c1-5-20-17-31(26-15-23(35-6-2)11-12-24(26)29)14-13-27(20)36-22-9-7-21(8-10-22)32-25(16-28(33)34)18(3)19(4)30-32/h7-12,15,18,20,25,27H,5-6,13-14,16-17H2,1-4H3,(H,33,34). The second-order valence-electron chi connectivity index (χ2n) is 9.64. The normalized spacial score (nSPS) is 24.0. The van der Waals surface area contributed by atoms with E-state index in [1.807, 2.05) is 50.0 Å². The van der Waals surface area contributed by atoms with Gasteiger partial charge in [0.15, 0.2) is 0 Å². The number of carboxylic acids is 1. The summed E-state index contributed by atoms with van der Waals surface area (Å²) in [5.41, 5.74) is 2.36. The van der Waals surface area contributed by atoms with Gasteiger partial charge in [0.1, 0.15) is 23.4 Å². The lowest BCUT2D eigenvalue weighted by Gasteiger charge is -2.39. The van der Waals surface area contributed by atoms with Gasteiger partial charge in [-0.2, -0.15) is 5.10 Å². The number of benzene rings is 2. The van der Waals surface area contributed by atoms with Gasteiger partial charge in [-0.05, 0) is 56.7 Å². The molecule has 2 heterocycles. The summed E-state index contributed by atoms with van der Waals surface area (Å²) in [6.07, 6.45) is 1.77. The lowest BCUT2D eigenvalue weighted by atomic mass is 9.91. The van der Waals surface area contributed by atoms with Crippen molar-refractivity contribution in [1.82, 2.24) is 0 Å². The first-order valence-electron chi connectivity index (χ1n) is 12.8. The number of piperidine rings is 1. The number of halogens is 1. The summed E-state index contributed by atoms with van der Waals surface area (Å²) in [5.74, 6) is 0.703. The third-order valence-electron chi connectivity index (χ3n) is 7.35. The van der Waals surface area contributed by atoms with E-state index in [1.165, 1.54) is 6.07 Å². The number of ether oxygens (including phenoxy) is 2. The molecule has 0 radical (unpaired) electrons. The summed E-state index contributed by atoms with van der Waals surface area (Å²) in [4.78, 5) is 13.5. The summed E-state index contributed by atoms with van der Waals surface area (Å²) in [7, 11) is 0. The Morgan fingerprint density at radius 2 is 1.89 bits per heavy atom. The smallest absolute Gasteiger partial charge is 0.305 e. The first kappa shape index (κ1) is 25.8. The molecular weight excluding hydrogens is 461 g/mol. The van der Waals surface area contributed by atoms with Crippen molar-refractivity contribution < 1.29 is 23.8 Å². The van der Waals surface area contributed by atoms with Crippen LogP contribution in [0.2, 0.25) is 0 Å². The predicted molar refractivity (Wildman–Crippen MR) is 140 cm³/mol. The van der Waals surface area contributed by atoms with E-state index in [1.54, 1.807) is 12.1 Å². The van der Waals surface area contributed by atoms with Crippen molar-refractivity contribution in [1.29, 1.82) is 0 Å². The maximum Gasteiger partial charge on any atom is 0.305 e. The molecule has 0 amide bonds. The maximum absolute atomic E-state index is 14.6. The fourth-order valence-electron chi connectivity index (χ4n) is 5.14. The van der Waals surface area contributed by atoms with Crippen LogP contribution < -0.4 is 19.4 Å². The van der Waals surface area contributed by atoms with Crippen molar-refractivity contribution in [2.24, 2.45) is 16.9 Å². The van der Waals surface area contributed by atoms with Crippen LogP contribution >= 0.6 is 0 Å². The van der Waals surface area contributed by atoms with Crippen molar-refractivity contribution in [3.8, 4) is 11.5 Å². The van der Waals surface area contributed by atoms with Gasteiger partial charge in [-0.15, -0.1) is 0 Å². The lowest BCUT2D eigenvalue weighted by molar-refractivity contribution is -0.137. The van der Waals surface area contributed by atoms with Crippen LogP contribution in [0.5, 0.6) is 11.5 Å². The summed E-state index contributed by atoms with van der Waals surface area (Å²) in [5, 5.41) is 15.8. The molecule has 0 bridgehead atoms. The minimum absolute atomic E-state index is 0.0297. The molecule has 0 saturated carbocycles. The van der Waals surface area contributed by atoms with Crippen LogP contribution in [0.1, 0.15) is 47.0 Å². The molecular formula is C28H36FN3O4. The highest BCUT2D eigenvalue weighted by molar-refractivity contribution is 5.89. The molecule has 0 aliphatic carbocycles. The Morgan fingerprint density at radius 1 is 1.17 bits per heavy atom. The number of carboxylic acid groups (broad SMARTS) is 1. The Hall–Kier alpha value is -3.29. The van der Waals surface area contributed by atoms with E-state index >= 15 is 0 Å². The minimum atomic E-state index is -0.830. The van der Waals surface area contributed by atoms with Crippen LogP contribution in [-0.2, 0) is 4.79 Å². The first-order chi connectivity index (χ1) is 17.3. The molecule has 36 heavy (non-hydrogen) atoms. The molecule has 1 saturated heterocycles. The fraction of sp³-hybridized carbons (Fsp3) is 0.500. The Labute approximate surface area is 212 Å². The van der Waals surface area contributed by atoms with Crippen LogP contribution in [-0.4, -0.2) is 48.6 Å². The van der Waals surface area contributed by atoms with E-state index in [4.69, 9.17) is 9.47 Å². The molecule has 2 aromatic carbocycles. The van der Waals surface area contributed by atoms with E-state index in [-0.39, 0.29) is 36.2 Å². The number of rotatable bonds is 9. The zero-order chi connectivity index (χ0) is 25.8. The second-order valence-corrected chi connectivity index (χ2v) is 9.64. The first-order valence-corrected chi connectivity index (χ1v) is 12.8. The third kappa shape index (κ3) is 5.58. The van der Waals surface area contributed by atoms with Gasteiger partial charge < -0.3 is 19.5 Å². The molecule has 1 N–H and O–H groups in total. The van der Waals surface area contributed by atoms with Gasteiger partial charge in [0.05, 0.1) is 30.4 Å². The summed E-state index contributed by atoms with van der Waals surface area (Å²) >= 11 is 0. The Kier molecular flexibility index (Phi) is 8.01. The highest BCUT2D eigenvalue weighted by Crippen LogP contribution is 2.34. The maximum atomic E-state index is 14.6. The minimum Gasteiger partial charge on any atom is -0.494 e. The zero-order valence-electron chi connectivity index (χ0n) is 21.5. The molecule has 4 atom stereocenters. The third-order valence-corrected chi connectivity index (χ3v) is 7.35. The molecule has 194 valence electrons. The van der Waals surface area contributed by atoms with Crippen LogP contribution in [0, 0.1) is 17.7 Å². The van der Waals surface area contributed by atoms with Gasteiger partial charge >= 0.3 is 5.97 Å². The molecule has 1 fully saturated rings. The monoisotopic (exact) mass is 497 g/mol. The largest absolute Gasteiger partial charge is 0.494 e. The summed E-state index contributed by atoms with van der Waals surface area (Å²) < 4.78 is 26.6. The Morgan fingerprint density at radius 3 is 2.56 bits per heavy atom. The number of hydrogen-bond donors (Lipinski definition) is 1. The molecule has 2 aliphatic rings. The van der Waals surface area contributed by atoms with Crippen molar-refractivity contribution in [2.75, 3.05) is 29.6 Å². The van der Waals surface area contributed by atoms with Crippen LogP contribution in [0.15, 0.2) is 47.6 Å². The number of carbonyl (C=O) groups is 1. The van der Waals surface area contributed by atoms with E-state index in [0.29, 0.717) is 31.1 Å². The SMILES string of the molecule is CCOc1ccc(F)c(N2CCC(Oc3ccc(N4N=C(C)C(C)C4CC(=O)O)cc3)C(CC)C2)c1. The molecule has 0 spiro atoms. The van der Waals surface area contributed by atoms with Gasteiger partial charge in [-0.1, -0.05) is 13.8 Å². The Bertz CT molecular complexity index is 1090. The van der Waals surface area contributed by atoms with Crippen LogP contribution in [0.4, 0.5) is 15.8 Å². The van der Waals surface area contributed by atoms with Gasteiger partial charge in [-0.3, -0.25) is 9.80 Å². The zero-order valence-corrected chi connectivity index (χ0v) is 21.5. The molecule has 7 nitrogen and oxygen atoms in total. The predicted octanol–water partition coefficient (Wildman–Crippen LogP) is 5.58. The molecule has 2 aliphatic heterocycles. The van der Waals surface area contributed by atoms with E-state index in [9.17, 15) is 14.3 Å². The molecule has 4 rings (SSSR count). The number of nitrogens with zero attached hydrogens (tertiary/aromatic N) is 3. The number of hydrogen-bond acceptors (Lipinski definition) is 6. The second kappa shape index (κ2) is 11.2. The lowest BCUT2D eigenvalue weighted by Crippen LogP contribution is -2.45. The van der Waals surface area contributed by atoms with E-state index in [0.717, 1.165) is 30.0 Å². The highest BCUT2D eigenvalue weighted by Gasteiger charge is 2.35. The number of hydrazone groups is 1. The number of aliphatic carboxylic acids is 1. The van der Waals surface area contributed by atoms with Gasteiger partial charge in [0.25, 0.3) is 0 Å². The van der Waals surface area contributed by atoms with Gasteiger partial charge in [0, 0.05) is 43.1 Å². The van der Waals surface area contributed by atoms with Crippen LogP contribution in [0.25, 0.3) is 0 Å². The van der Waals surface area contributed by atoms with Gasteiger partial charge in [0.2, 0.25) is 0 Å². The fourth-order valence-corrected chi connectivity index (χ4v) is 5.14. The molecule has 4 unspecified atom stereocenters. The molecule has 8 heteroatoms.